The van der Waals surface area contributed by atoms with Gasteiger partial charge in [0.1, 0.15) is 5.82 Å². The first-order valence-corrected chi connectivity index (χ1v) is 7.21. The van der Waals surface area contributed by atoms with Gasteiger partial charge in [0.15, 0.2) is 0 Å². The lowest BCUT2D eigenvalue weighted by Crippen LogP contribution is -2.19. The van der Waals surface area contributed by atoms with Crippen molar-refractivity contribution in [2.75, 3.05) is 13.6 Å². The van der Waals surface area contributed by atoms with Crippen molar-refractivity contribution in [3.8, 4) is 11.3 Å². The summed E-state index contributed by atoms with van der Waals surface area (Å²) < 4.78 is 0. The largest absolute Gasteiger partial charge is 0.319 e. The highest BCUT2D eigenvalue weighted by Crippen LogP contribution is 2.24. The van der Waals surface area contributed by atoms with E-state index in [1.165, 1.54) is 11.1 Å². The van der Waals surface area contributed by atoms with Crippen LogP contribution >= 0.6 is 0 Å². The third-order valence-electron chi connectivity index (χ3n) is 3.60. The standard InChI is InChI=1S/C17H23N3/c1-5-14(11-18-4)17-19-13(3)10-16(20-17)15-9-7-6-8-12(15)2/h6-10,14,18H,5,11H2,1-4H3. The molecular weight excluding hydrogens is 246 g/mol. The zero-order chi connectivity index (χ0) is 14.5. The molecule has 0 spiro atoms. The first kappa shape index (κ1) is 14.7. The molecule has 0 aliphatic carbocycles. The van der Waals surface area contributed by atoms with E-state index >= 15 is 0 Å². The van der Waals surface area contributed by atoms with Crippen LogP contribution in [0.3, 0.4) is 0 Å². The van der Waals surface area contributed by atoms with Crippen molar-refractivity contribution < 1.29 is 0 Å². The van der Waals surface area contributed by atoms with Crippen molar-refractivity contribution in [3.05, 3.63) is 47.4 Å². The van der Waals surface area contributed by atoms with E-state index in [4.69, 9.17) is 4.98 Å². The number of aromatic nitrogens is 2. The predicted molar refractivity (Wildman–Crippen MR) is 83.9 cm³/mol. The van der Waals surface area contributed by atoms with Crippen molar-refractivity contribution in [1.82, 2.24) is 15.3 Å². The minimum atomic E-state index is 0.364. The zero-order valence-corrected chi connectivity index (χ0v) is 12.8. The van der Waals surface area contributed by atoms with Gasteiger partial charge in [0.2, 0.25) is 0 Å². The summed E-state index contributed by atoms with van der Waals surface area (Å²) in [6, 6.07) is 10.4. The second kappa shape index (κ2) is 6.62. The summed E-state index contributed by atoms with van der Waals surface area (Å²) in [6.45, 7) is 7.25. The van der Waals surface area contributed by atoms with Crippen molar-refractivity contribution in [2.24, 2.45) is 0 Å². The molecule has 1 atom stereocenters. The molecule has 0 aliphatic heterocycles. The maximum atomic E-state index is 4.80. The lowest BCUT2D eigenvalue weighted by atomic mass is 10.0. The molecular formula is C17H23N3. The summed E-state index contributed by atoms with van der Waals surface area (Å²) in [6.07, 6.45) is 1.04. The van der Waals surface area contributed by atoms with E-state index in [0.29, 0.717) is 5.92 Å². The number of aryl methyl sites for hydroxylation is 2. The van der Waals surface area contributed by atoms with Gasteiger partial charge in [-0.1, -0.05) is 31.2 Å². The summed E-state index contributed by atoms with van der Waals surface area (Å²) in [4.78, 5) is 9.43. The SMILES string of the molecule is CCC(CNC)c1nc(C)cc(-c2ccccc2C)n1. The molecule has 3 nitrogen and oxygen atoms in total. The topological polar surface area (TPSA) is 37.8 Å². The predicted octanol–water partition coefficient (Wildman–Crippen LogP) is 3.47. The van der Waals surface area contributed by atoms with Crippen molar-refractivity contribution in [1.29, 1.82) is 0 Å². The Labute approximate surface area is 121 Å². The summed E-state index contributed by atoms with van der Waals surface area (Å²) >= 11 is 0. The fourth-order valence-electron chi connectivity index (χ4n) is 2.44. The minimum absolute atomic E-state index is 0.364. The van der Waals surface area contributed by atoms with Gasteiger partial charge >= 0.3 is 0 Å². The Morgan fingerprint density at radius 2 is 1.90 bits per heavy atom. The Hall–Kier alpha value is -1.74. The van der Waals surface area contributed by atoms with Crippen LogP contribution in [-0.2, 0) is 0 Å². The average Bonchev–Trinajstić information content (AvgIpc) is 2.44. The van der Waals surface area contributed by atoms with Gasteiger partial charge in [-0.25, -0.2) is 9.97 Å². The zero-order valence-electron chi connectivity index (χ0n) is 12.8. The van der Waals surface area contributed by atoms with E-state index in [1.54, 1.807) is 0 Å². The number of rotatable bonds is 5. The van der Waals surface area contributed by atoms with Crippen molar-refractivity contribution in [3.63, 3.8) is 0 Å². The molecule has 0 amide bonds. The molecule has 1 N–H and O–H groups in total. The van der Waals surface area contributed by atoms with Crippen LogP contribution < -0.4 is 5.32 Å². The monoisotopic (exact) mass is 269 g/mol. The maximum absolute atomic E-state index is 4.80. The molecule has 0 saturated carbocycles. The number of likely N-dealkylation sites (N-methyl/N-ethyl adjacent to an activating group) is 1. The molecule has 0 fully saturated rings. The molecule has 106 valence electrons. The Bertz CT molecular complexity index is 578. The Kier molecular flexibility index (Phi) is 4.85. The third-order valence-corrected chi connectivity index (χ3v) is 3.60. The lowest BCUT2D eigenvalue weighted by Gasteiger charge is -2.15. The molecule has 1 heterocycles. The molecule has 0 radical (unpaired) electrons. The van der Waals surface area contributed by atoms with E-state index in [1.807, 2.05) is 14.0 Å². The molecule has 0 bridgehead atoms. The highest BCUT2D eigenvalue weighted by molar-refractivity contribution is 5.63. The van der Waals surface area contributed by atoms with Crippen molar-refractivity contribution in [2.45, 2.75) is 33.1 Å². The Morgan fingerprint density at radius 3 is 2.55 bits per heavy atom. The fourth-order valence-corrected chi connectivity index (χ4v) is 2.44. The highest BCUT2D eigenvalue weighted by atomic mass is 14.9. The van der Waals surface area contributed by atoms with Crippen LogP contribution in [-0.4, -0.2) is 23.6 Å². The van der Waals surface area contributed by atoms with Gasteiger partial charge in [-0.05, 0) is 38.9 Å². The molecule has 3 heteroatoms. The minimum Gasteiger partial charge on any atom is -0.319 e. The van der Waals surface area contributed by atoms with Gasteiger partial charge in [-0.3, -0.25) is 0 Å². The molecule has 20 heavy (non-hydrogen) atoms. The van der Waals surface area contributed by atoms with E-state index in [-0.39, 0.29) is 0 Å². The van der Waals surface area contributed by atoms with Crippen LogP contribution in [0.2, 0.25) is 0 Å². The molecule has 1 aromatic heterocycles. The van der Waals surface area contributed by atoms with E-state index in [2.05, 4.69) is 54.5 Å². The lowest BCUT2D eigenvalue weighted by molar-refractivity contribution is 0.579. The second-order valence-corrected chi connectivity index (χ2v) is 5.23. The van der Waals surface area contributed by atoms with Crippen LogP contribution in [0, 0.1) is 13.8 Å². The molecule has 0 saturated heterocycles. The number of nitrogens with zero attached hydrogens (tertiary/aromatic N) is 2. The first-order chi connectivity index (χ1) is 9.65. The Balaban J connectivity index is 2.46. The summed E-state index contributed by atoms with van der Waals surface area (Å²) in [5.74, 6) is 1.31. The number of benzene rings is 1. The van der Waals surface area contributed by atoms with E-state index in [0.717, 1.165) is 30.2 Å². The van der Waals surface area contributed by atoms with Gasteiger partial charge < -0.3 is 5.32 Å². The molecule has 0 aliphatic rings. The number of hydrogen-bond donors (Lipinski definition) is 1. The summed E-state index contributed by atoms with van der Waals surface area (Å²) in [5, 5.41) is 3.23. The first-order valence-electron chi connectivity index (χ1n) is 7.21. The van der Waals surface area contributed by atoms with Gasteiger partial charge in [0.05, 0.1) is 5.69 Å². The van der Waals surface area contributed by atoms with Crippen LogP contribution in [0.5, 0.6) is 0 Å². The van der Waals surface area contributed by atoms with Crippen LogP contribution in [0.15, 0.2) is 30.3 Å². The van der Waals surface area contributed by atoms with E-state index in [9.17, 15) is 0 Å². The van der Waals surface area contributed by atoms with E-state index < -0.39 is 0 Å². The quantitative estimate of drug-likeness (QED) is 0.903. The summed E-state index contributed by atoms with van der Waals surface area (Å²) in [7, 11) is 1.97. The fraction of sp³-hybridized carbons (Fsp3) is 0.412. The van der Waals surface area contributed by atoms with Gasteiger partial charge in [-0.2, -0.15) is 0 Å². The van der Waals surface area contributed by atoms with Gasteiger partial charge in [0.25, 0.3) is 0 Å². The molecule has 2 aromatic rings. The smallest absolute Gasteiger partial charge is 0.133 e. The highest BCUT2D eigenvalue weighted by Gasteiger charge is 2.14. The van der Waals surface area contributed by atoms with Crippen LogP contribution in [0.1, 0.15) is 36.3 Å². The summed E-state index contributed by atoms with van der Waals surface area (Å²) in [5.41, 5.74) is 4.50. The van der Waals surface area contributed by atoms with Gasteiger partial charge in [-0.15, -0.1) is 0 Å². The maximum Gasteiger partial charge on any atom is 0.133 e. The average molecular weight is 269 g/mol. The molecule has 2 rings (SSSR count). The van der Waals surface area contributed by atoms with Gasteiger partial charge in [0, 0.05) is 23.7 Å². The Morgan fingerprint density at radius 1 is 1.15 bits per heavy atom. The molecule has 1 unspecified atom stereocenters. The van der Waals surface area contributed by atoms with Crippen LogP contribution in [0.4, 0.5) is 0 Å². The van der Waals surface area contributed by atoms with Crippen LogP contribution in [0.25, 0.3) is 11.3 Å². The molecule has 1 aromatic carbocycles. The second-order valence-electron chi connectivity index (χ2n) is 5.23. The normalized spacial score (nSPS) is 12.4. The number of hydrogen-bond acceptors (Lipinski definition) is 3. The third kappa shape index (κ3) is 3.23. The van der Waals surface area contributed by atoms with Crippen molar-refractivity contribution >= 4 is 0 Å². The number of nitrogens with one attached hydrogen (secondary N) is 1.